The first-order valence-corrected chi connectivity index (χ1v) is 7.10. The number of aryl methyl sites for hydroxylation is 3. The molecular formula is C16H19NS. The molecule has 2 rings (SSSR count). The maximum atomic E-state index is 5.84. The van der Waals surface area contributed by atoms with Gasteiger partial charge >= 0.3 is 0 Å². The minimum absolute atomic E-state index is 0.838. The van der Waals surface area contributed by atoms with Crippen molar-refractivity contribution in [2.24, 2.45) is 0 Å². The van der Waals surface area contributed by atoms with Crippen molar-refractivity contribution in [1.29, 1.82) is 0 Å². The fraction of sp³-hybridized carbons (Fsp3) is 0.250. The van der Waals surface area contributed by atoms with E-state index < -0.39 is 0 Å². The molecule has 2 N–H and O–H groups in total. The molecule has 0 aliphatic heterocycles. The molecule has 0 atom stereocenters. The highest BCUT2D eigenvalue weighted by molar-refractivity contribution is 7.98. The summed E-state index contributed by atoms with van der Waals surface area (Å²) in [6, 6.07) is 12.6. The Labute approximate surface area is 113 Å². The minimum Gasteiger partial charge on any atom is -0.399 e. The Morgan fingerprint density at radius 2 is 1.61 bits per heavy atom. The van der Waals surface area contributed by atoms with Gasteiger partial charge in [0.2, 0.25) is 0 Å². The summed E-state index contributed by atoms with van der Waals surface area (Å²) in [5.41, 5.74) is 12.1. The molecule has 2 heteroatoms. The van der Waals surface area contributed by atoms with Gasteiger partial charge in [0.25, 0.3) is 0 Å². The second-order valence-electron chi connectivity index (χ2n) is 4.68. The fourth-order valence-corrected chi connectivity index (χ4v) is 3.27. The lowest BCUT2D eigenvalue weighted by Gasteiger charge is -2.11. The zero-order valence-corrected chi connectivity index (χ0v) is 12.0. The second-order valence-corrected chi connectivity index (χ2v) is 5.70. The van der Waals surface area contributed by atoms with E-state index in [0.29, 0.717) is 0 Å². The lowest BCUT2D eigenvalue weighted by molar-refractivity contribution is 1.23. The molecule has 18 heavy (non-hydrogen) atoms. The van der Waals surface area contributed by atoms with E-state index in [1.807, 2.05) is 17.8 Å². The molecule has 0 unspecified atom stereocenters. The van der Waals surface area contributed by atoms with E-state index in [-0.39, 0.29) is 0 Å². The Balaban J connectivity index is 2.19. The van der Waals surface area contributed by atoms with Gasteiger partial charge in [0.1, 0.15) is 0 Å². The highest BCUT2D eigenvalue weighted by Gasteiger charge is 2.05. The molecule has 0 spiro atoms. The van der Waals surface area contributed by atoms with Gasteiger partial charge in [0, 0.05) is 16.3 Å². The van der Waals surface area contributed by atoms with Crippen LogP contribution in [0.4, 0.5) is 5.69 Å². The van der Waals surface area contributed by atoms with Crippen molar-refractivity contribution in [3.05, 3.63) is 58.7 Å². The van der Waals surface area contributed by atoms with Crippen molar-refractivity contribution in [2.75, 3.05) is 5.73 Å². The zero-order valence-electron chi connectivity index (χ0n) is 11.2. The summed E-state index contributed by atoms with van der Waals surface area (Å²) in [7, 11) is 0. The zero-order chi connectivity index (χ0) is 13.1. The van der Waals surface area contributed by atoms with Crippen LogP contribution in [0, 0.1) is 20.8 Å². The molecule has 0 amide bonds. The lowest BCUT2D eigenvalue weighted by Crippen LogP contribution is -1.92. The van der Waals surface area contributed by atoms with E-state index in [9.17, 15) is 0 Å². The van der Waals surface area contributed by atoms with Crippen LogP contribution in [0.1, 0.15) is 22.3 Å². The molecule has 0 saturated heterocycles. The van der Waals surface area contributed by atoms with Gasteiger partial charge in [0.15, 0.2) is 0 Å². The monoisotopic (exact) mass is 257 g/mol. The van der Waals surface area contributed by atoms with Crippen LogP contribution in [0.2, 0.25) is 0 Å². The molecule has 0 aliphatic rings. The third-order valence-corrected chi connectivity index (χ3v) is 4.41. The Morgan fingerprint density at radius 3 is 2.28 bits per heavy atom. The second kappa shape index (κ2) is 5.49. The van der Waals surface area contributed by atoms with E-state index in [0.717, 1.165) is 11.4 Å². The van der Waals surface area contributed by atoms with Crippen molar-refractivity contribution in [1.82, 2.24) is 0 Å². The first kappa shape index (κ1) is 13.0. The molecule has 1 nitrogen and oxygen atoms in total. The Kier molecular flexibility index (Phi) is 3.97. The molecule has 0 bridgehead atoms. The van der Waals surface area contributed by atoms with Crippen molar-refractivity contribution >= 4 is 17.4 Å². The number of benzene rings is 2. The highest BCUT2D eigenvalue weighted by atomic mass is 32.2. The molecular weight excluding hydrogens is 238 g/mol. The first-order chi connectivity index (χ1) is 8.58. The van der Waals surface area contributed by atoms with Crippen LogP contribution in [-0.4, -0.2) is 0 Å². The van der Waals surface area contributed by atoms with Gasteiger partial charge in [-0.25, -0.2) is 0 Å². The van der Waals surface area contributed by atoms with Crippen molar-refractivity contribution < 1.29 is 0 Å². The van der Waals surface area contributed by atoms with Crippen molar-refractivity contribution in [3.63, 3.8) is 0 Å². The quantitative estimate of drug-likeness (QED) is 0.648. The fourth-order valence-electron chi connectivity index (χ4n) is 2.00. The molecule has 0 fully saturated rings. The first-order valence-electron chi connectivity index (χ1n) is 6.12. The van der Waals surface area contributed by atoms with E-state index in [2.05, 4.69) is 51.1 Å². The number of rotatable bonds is 3. The standard InChI is InChI=1S/C16H19NS/c1-11-5-4-6-12(2)15(11)10-18-16-9-14(17)8-7-13(16)3/h4-9H,10,17H2,1-3H3. The number of nitrogens with two attached hydrogens (primary N) is 1. The predicted octanol–water partition coefficient (Wildman–Crippen LogP) is 4.49. The summed E-state index contributed by atoms with van der Waals surface area (Å²) in [5.74, 6) is 1.00. The Bertz CT molecular complexity index is 541. The number of thioether (sulfide) groups is 1. The highest BCUT2D eigenvalue weighted by Crippen LogP contribution is 2.29. The van der Waals surface area contributed by atoms with Crippen LogP contribution in [0.15, 0.2) is 41.3 Å². The van der Waals surface area contributed by atoms with Gasteiger partial charge in [0.05, 0.1) is 0 Å². The number of anilines is 1. The van der Waals surface area contributed by atoms with Crippen LogP contribution in [0.25, 0.3) is 0 Å². The van der Waals surface area contributed by atoms with Gasteiger partial charge in [-0.1, -0.05) is 24.3 Å². The molecule has 0 radical (unpaired) electrons. The van der Waals surface area contributed by atoms with Crippen molar-refractivity contribution in [3.8, 4) is 0 Å². The molecule has 2 aromatic rings. The number of hydrogen-bond donors (Lipinski definition) is 1. The van der Waals surface area contributed by atoms with Crippen LogP contribution in [0.3, 0.4) is 0 Å². The molecule has 0 aliphatic carbocycles. The largest absolute Gasteiger partial charge is 0.399 e. The molecule has 0 aromatic heterocycles. The van der Waals surface area contributed by atoms with Crippen molar-refractivity contribution in [2.45, 2.75) is 31.4 Å². The van der Waals surface area contributed by atoms with Crippen LogP contribution in [0.5, 0.6) is 0 Å². The summed E-state index contributed by atoms with van der Waals surface area (Å²) in [6.07, 6.45) is 0. The van der Waals surface area contributed by atoms with Gasteiger partial charge < -0.3 is 5.73 Å². The third kappa shape index (κ3) is 2.88. The van der Waals surface area contributed by atoms with Crippen LogP contribution >= 0.6 is 11.8 Å². The summed E-state index contributed by atoms with van der Waals surface area (Å²) >= 11 is 1.86. The van der Waals surface area contributed by atoms with Gasteiger partial charge in [-0.3, -0.25) is 0 Å². The number of nitrogen functional groups attached to an aromatic ring is 1. The maximum absolute atomic E-state index is 5.84. The molecule has 0 heterocycles. The third-order valence-electron chi connectivity index (χ3n) is 3.23. The Morgan fingerprint density at radius 1 is 0.944 bits per heavy atom. The van der Waals surface area contributed by atoms with Gasteiger partial charge in [-0.2, -0.15) is 0 Å². The molecule has 2 aromatic carbocycles. The van der Waals surface area contributed by atoms with Gasteiger partial charge in [-0.05, 0) is 55.2 Å². The smallest absolute Gasteiger partial charge is 0.0325 e. The lowest BCUT2D eigenvalue weighted by atomic mass is 10.1. The topological polar surface area (TPSA) is 26.0 Å². The van der Waals surface area contributed by atoms with E-state index >= 15 is 0 Å². The predicted molar refractivity (Wildman–Crippen MR) is 81.1 cm³/mol. The summed E-state index contributed by atoms with van der Waals surface area (Å²) in [6.45, 7) is 6.48. The summed E-state index contributed by atoms with van der Waals surface area (Å²) < 4.78 is 0. The van der Waals surface area contributed by atoms with E-state index in [1.54, 1.807) is 0 Å². The van der Waals surface area contributed by atoms with Crippen LogP contribution < -0.4 is 5.73 Å². The average molecular weight is 257 g/mol. The van der Waals surface area contributed by atoms with E-state index in [1.165, 1.54) is 27.1 Å². The maximum Gasteiger partial charge on any atom is 0.0325 e. The Hall–Kier alpha value is -1.41. The van der Waals surface area contributed by atoms with Gasteiger partial charge in [-0.15, -0.1) is 11.8 Å². The normalized spacial score (nSPS) is 10.6. The summed E-state index contributed by atoms with van der Waals surface area (Å²) in [4.78, 5) is 1.28. The molecule has 0 saturated carbocycles. The summed E-state index contributed by atoms with van der Waals surface area (Å²) in [5, 5.41) is 0. The molecule has 94 valence electrons. The SMILES string of the molecule is Cc1ccc(N)cc1SCc1c(C)cccc1C. The number of hydrogen-bond acceptors (Lipinski definition) is 2. The minimum atomic E-state index is 0.838. The van der Waals surface area contributed by atoms with E-state index in [4.69, 9.17) is 5.73 Å². The van der Waals surface area contributed by atoms with Crippen LogP contribution in [-0.2, 0) is 5.75 Å². The average Bonchev–Trinajstić information content (AvgIpc) is 2.33.